The molecule has 1 aromatic carbocycles. The highest BCUT2D eigenvalue weighted by atomic mass is 16.4. The van der Waals surface area contributed by atoms with Crippen molar-refractivity contribution in [3.63, 3.8) is 0 Å². The normalized spacial score (nSPS) is 23.9. The van der Waals surface area contributed by atoms with Gasteiger partial charge in [-0.25, -0.2) is 4.79 Å². The fraction of sp³-hybridized carbons (Fsp3) is 0.286. The first kappa shape index (κ1) is 12.5. The molecule has 2 atom stereocenters. The van der Waals surface area contributed by atoms with E-state index in [0.717, 1.165) is 5.56 Å². The summed E-state index contributed by atoms with van der Waals surface area (Å²) in [4.78, 5) is 15.2. The minimum absolute atomic E-state index is 0.278. The Morgan fingerprint density at radius 2 is 2.06 bits per heavy atom. The van der Waals surface area contributed by atoms with Crippen molar-refractivity contribution in [3.05, 3.63) is 47.5 Å². The first-order valence-corrected chi connectivity index (χ1v) is 5.85. The third-order valence-electron chi connectivity index (χ3n) is 2.97. The Bertz CT molecular complexity index is 479. The fourth-order valence-corrected chi connectivity index (χ4v) is 1.91. The van der Waals surface area contributed by atoms with Gasteiger partial charge in [0, 0.05) is 18.2 Å². The molecule has 0 spiro atoms. The molecule has 1 aromatic rings. The number of carboxylic acid groups (broad SMARTS) is 1. The molecule has 0 aromatic heterocycles. The molecule has 0 amide bonds. The van der Waals surface area contributed by atoms with E-state index in [2.05, 4.69) is 4.99 Å². The van der Waals surface area contributed by atoms with E-state index in [1.807, 2.05) is 30.3 Å². The van der Waals surface area contributed by atoms with E-state index in [0.29, 0.717) is 12.0 Å². The summed E-state index contributed by atoms with van der Waals surface area (Å²) in [6.07, 6.45) is 3.27. The van der Waals surface area contributed by atoms with E-state index in [-0.39, 0.29) is 12.5 Å². The Morgan fingerprint density at radius 3 is 2.72 bits per heavy atom. The lowest BCUT2D eigenvalue weighted by Gasteiger charge is -2.22. The van der Waals surface area contributed by atoms with Gasteiger partial charge in [0.05, 0.1) is 12.1 Å². The Hall–Kier alpha value is -1.94. The highest BCUT2D eigenvalue weighted by molar-refractivity contribution is 5.87. The molecule has 2 unspecified atom stereocenters. The van der Waals surface area contributed by atoms with Crippen LogP contribution in [-0.4, -0.2) is 34.5 Å². The predicted octanol–water partition coefficient (Wildman–Crippen LogP) is 1.64. The number of benzene rings is 1. The summed E-state index contributed by atoms with van der Waals surface area (Å²) < 4.78 is 0. The molecule has 0 aliphatic heterocycles. The smallest absolute Gasteiger partial charge is 0.331 e. The molecule has 0 radical (unpaired) electrons. The van der Waals surface area contributed by atoms with Gasteiger partial charge in [-0.3, -0.25) is 4.99 Å². The monoisotopic (exact) mass is 245 g/mol. The average Bonchev–Trinajstić information content (AvgIpc) is 2.38. The van der Waals surface area contributed by atoms with Gasteiger partial charge in [0.25, 0.3) is 0 Å². The van der Waals surface area contributed by atoms with Crippen LogP contribution in [0.25, 0.3) is 0 Å². The lowest BCUT2D eigenvalue weighted by molar-refractivity contribution is -0.133. The van der Waals surface area contributed by atoms with Crippen molar-refractivity contribution < 1.29 is 15.0 Å². The van der Waals surface area contributed by atoms with Crippen molar-refractivity contribution >= 4 is 12.2 Å². The quantitative estimate of drug-likeness (QED) is 0.795. The average molecular weight is 245 g/mol. The van der Waals surface area contributed by atoms with Crippen molar-refractivity contribution in [2.24, 2.45) is 4.99 Å². The van der Waals surface area contributed by atoms with Gasteiger partial charge >= 0.3 is 5.97 Å². The van der Waals surface area contributed by atoms with Crippen molar-refractivity contribution in [1.29, 1.82) is 0 Å². The largest absolute Gasteiger partial charge is 0.478 e. The van der Waals surface area contributed by atoms with E-state index in [9.17, 15) is 9.90 Å². The zero-order valence-corrected chi connectivity index (χ0v) is 9.86. The Balaban J connectivity index is 2.07. The zero-order chi connectivity index (χ0) is 13.0. The van der Waals surface area contributed by atoms with Crippen LogP contribution >= 0.6 is 0 Å². The lowest BCUT2D eigenvalue weighted by atomic mass is 9.92. The van der Waals surface area contributed by atoms with Gasteiger partial charge in [-0.15, -0.1) is 0 Å². The number of nitrogens with zero attached hydrogens (tertiary/aromatic N) is 1. The van der Waals surface area contributed by atoms with Crippen LogP contribution in [0.4, 0.5) is 0 Å². The van der Waals surface area contributed by atoms with Crippen LogP contribution in [0, 0.1) is 0 Å². The summed E-state index contributed by atoms with van der Waals surface area (Å²) in [5.41, 5.74) is 1.27. The minimum atomic E-state index is -0.929. The van der Waals surface area contributed by atoms with Crippen LogP contribution in [0.15, 0.2) is 47.0 Å². The zero-order valence-electron chi connectivity index (χ0n) is 9.86. The van der Waals surface area contributed by atoms with E-state index in [4.69, 9.17) is 5.11 Å². The molecule has 1 aliphatic carbocycles. The predicted molar refractivity (Wildman–Crippen MR) is 68.8 cm³/mol. The van der Waals surface area contributed by atoms with Crippen molar-refractivity contribution in [1.82, 2.24) is 0 Å². The topological polar surface area (TPSA) is 69.9 Å². The number of hydrogen-bond donors (Lipinski definition) is 2. The molecule has 4 nitrogen and oxygen atoms in total. The maximum atomic E-state index is 10.9. The third kappa shape index (κ3) is 3.05. The molecule has 94 valence electrons. The first-order chi connectivity index (χ1) is 8.66. The standard InChI is InChI=1S/C14H15NO3/c16-13-7-6-11(14(17)18)8-12(13)15-9-10-4-2-1-3-5-10/h1-6,9,12-13,16H,7-8H2,(H,17,18). The van der Waals surface area contributed by atoms with Gasteiger partial charge < -0.3 is 10.2 Å². The van der Waals surface area contributed by atoms with Crippen LogP contribution in [0.1, 0.15) is 18.4 Å². The third-order valence-corrected chi connectivity index (χ3v) is 2.97. The molecular weight excluding hydrogens is 230 g/mol. The SMILES string of the molecule is O=C(O)C1=CCC(O)C(N=Cc2ccccc2)C1. The minimum Gasteiger partial charge on any atom is -0.478 e. The number of rotatable bonds is 3. The fourth-order valence-electron chi connectivity index (χ4n) is 1.91. The van der Waals surface area contributed by atoms with Crippen LogP contribution in [0.2, 0.25) is 0 Å². The first-order valence-electron chi connectivity index (χ1n) is 5.85. The second-order valence-corrected chi connectivity index (χ2v) is 4.30. The molecule has 0 fully saturated rings. The molecule has 1 aliphatic rings. The van der Waals surface area contributed by atoms with Crippen molar-refractivity contribution in [3.8, 4) is 0 Å². The van der Waals surface area contributed by atoms with Gasteiger partial charge in [-0.1, -0.05) is 36.4 Å². The molecule has 0 saturated carbocycles. The van der Waals surface area contributed by atoms with Crippen LogP contribution in [0.5, 0.6) is 0 Å². The van der Waals surface area contributed by atoms with Gasteiger partial charge in [0.15, 0.2) is 0 Å². The van der Waals surface area contributed by atoms with E-state index < -0.39 is 12.1 Å². The molecule has 0 heterocycles. The summed E-state index contributed by atoms with van der Waals surface area (Å²) in [6.45, 7) is 0. The van der Waals surface area contributed by atoms with E-state index >= 15 is 0 Å². The summed E-state index contributed by atoms with van der Waals surface area (Å²) in [6, 6.07) is 9.17. The Morgan fingerprint density at radius 1 is 1.33 bits per heavy atom. The summed E-state index contributed by atoms with van der Waals surface area (Å²) >= 11 is 0. The van der Waals surface area contributed by atoms with Crippen LogP contribution in [-0.2, 0) is 4.79 Å². The van der Waals surface area contributed by atoms with Crippen LogP contribution < -0.4 is 0 Å². The molecule has 2 rings (SSSR count). The number of aliphatic hydroxyl groups is 1. The molecule has 0 saturated heterocycles. The van der Waals surface area contributed by atoms with Crippen molar-refractivity contribution in [2.75, 3.05) is 0 Å². The summed E-state index contributed by atoms with van der Waals surface area (Å²) in [7, 11) is 0. The number of carbonyl (C=O) groups is 1. The number of aliphatic imine (C=N–C) groups is 1. The maximum Gasteiger partial charge on any atom is 0.331 e. The molecule has 4 heteroatoms. The lowest BCUT2D eigenvalue weighted by Crippen LogP contribution is -2.29. The number of aliphatic hydroxyl groups excluding tert-OH is 1. The number of hydrogen-bond acceptors (Lipinski definition) is 3. The maximum absolute atomic E-state index is 10.9. The Labute approximate surface area is 105 Å². The van der Waals surface area contributed by atoms with E-state index in [1.54, 1.807) is 12.3 Å². The highest BCUT2D eigenvalue weighted by Crippen LogP contribution is 2.21. The summed E-state index contributed by atoms with van der Waals surface area (Å²) in [5.74, 6) is -0.929. The Kier molecular flexibility index (Phi) is 3.89. The number of carboxylic acids is 1. The second kappa shape index (κ2) is 5.60. The van der Waals surface area contributed by atoms with Gasteiger partial charge in [-0.2, -0.15) is 0 Å². The highest BCUT2D eigenvalue weighted by Gasteiger charge is 2.25. The molecule has 2 N–H and O–H groups in total. The van der Waals surface area contributed by atoms with Crippen molar-refractivity contribution in [2.45, 2.75) is 25.0 Å². The molecule has 0 bridgehead atoms. The number of aliphatic carboxylic acids is 1. The van der Waals surface area contributed by atoms with Gasteiger partial charge in [-0.05, 0) is 12.0 Å². The van der Waals surface area contributed by atoms with E-state index in [1.165, 1.54) is 0 Å². The van der Waals surface area contributed by atoms with Crippen LogP contribution in [0.3, 0.4) is 0 Å². The summed E-state index contributed by atoms with van der Waals surface area (Å²) in [5, 5.41) is 18.7. The molecule has 18 heavy (non-hydrogen) atoms. The van der Waals surface area contributed by atoms with Gasteiger partial charge in [0.1, 0.15) is 0 Å². The second-order valence-electron chi connectivity index (χ2n) is 4.30. The molecular formula is C14H15NO3. The van der Waals surface area contributed by atoms with Gasteiger partial charge in [0.2, 0.25) is 0 Å².